The van der Waals surface area contributed by atoms with Crippen molar-refractivity contribution in [1.82, 2.24) is 14.9 Å². The molecule has 1 aliphatic rings. The zero-order valence-electron chi connectivity index (χ0n) is 19.3. The first kappa shape index (κ1) is 22.6. The molecule has 8 heteroatoms. The molecule has 1 atom stereocenters. The van der Waals surface area contributed by atoms with Gasteiger partial charge in [0, 0.05) is 36.7 Å². The fourth-order valence-electron chi connectivity index (χ4n) is 3.91. The van der Waals surface area contributed by atoms with Crippen molar-refractivity contribution in [1.29, 1.82) is 0 Å². The van der Waals surface area contributed by atoms with Crippen molar-refractivity contribution in [3.05, 3.63) is 66.4 Å². The number of nitrogens with one attached hydrogen (secondary N) is 3. The standard InChI is InChI=1S/C25H31BN6O/c1-18(12-13-19-8-3-2-4-9-19)28-23-22(26)17-27-24(31-23)29-20-10-7-11-21(16-20)30-25(33)32-14-5-6-15-32/h2-4,7-11,16-18H,5-6,12-15,26H2,1H3,(H,30,33)(H2,27,28,29,31). The molecule has 33 heavy (non-hydrogen) atoms. The number of urea groups is 1. The second-order valence-corrected chi connectivity index (χ2v) is 8.62. The van der Waals surface area contributed by atoms with Crippen LogP contribution in [0.4, 0.5) is 27.9 Å². The molecule has 2 amide bonds. The molecule has 2 aromatic carbocycles. The molecular weight excluding hydrogens is 411 g/mol. The van der Waals surface area contributed by atoms with Crippen LogP contribution in [0.1, 0.15) is 31.7 Å². The third kappa shape index (κ3) is 6.48. The molecule has 1 fully saturated rings. The molecule has 1 aromatic heterocycles. The predicted octanol–water partition coefficient (Wildman–Crippen LogP) is 3.54. The van der Waals surface area contributed by atoms with E-state index >= 15 is 0 Å². The monoisotopic (exact) mass is 442 g/mol. The maximum Gasteiger partial charge on any atom is 0.321 e. The van der Waals surface area contributed by atoms with Crippen molar-refractivity contribution in [3.8, 4) is 0 Å². The second-order valence-electron chi connectivity index (χ2n) is 8.62. The van der Waals surface area contributed by atoms with Gasteiger partial charge < -0.3 is 20.9 Å². The Morgan fingerprint density at radius 2 is 1.85 bits per heavy atom. The minimum absolute atomic E-state index is 0.0489. The Labute approximate surface area is 196 Å². The highest BCUT2D eigenvalue weighted by atomic mass is 16.2. The Bertz CT molecular complexity index is 1070. The lowest BCUT2D eigenvalue weighted by atomic mass is 9.98. The first-order valence-corrected chi connectivity index (χ1v) is 11.6. The van der Waals surface area contributed by atoms with Crippen molar-refractivity contribution in [2.45, 2.75) is 38.6 Å². The van der Waals surface area contributed by atoms with E-state index in [-0.39, 0.29) is 12.1 Å². The van der Waals surface area contributed by atoms with Crippen molar-refractivity contribution < 1.29 is 4.79 Å². The van der Waals surface area contributed by atoms with E-state index in [1.54, 1.807) is 0 Å². The van der Waals surface area contributed by atoms with E-state index in [1.165, 1.54) is 5.56 Å². The molecular formula is C25H31BN6O. The summed E-state index contributed by atoms with van der Waals surface area (Å²) < 4.78 is 0. The number of aryl methyl sites for hydroxylation is 1. The topological polar surface area (TPSA) is 82.2 Å². The predicted molar refractivity (Wildman–Crippen MR) is 138 cm³/mol. The molecule has 1 unspecified atom stereocenters. The van der Waals surface area contributed by atoms with Gasteiger partial charge in [-0.2, -0.15) is 4.98 Å². The normalized spacial score (nSPS) is 14.0. The summed E-state index contributed by atoms with van der Waals surface area (Å²) in [4.78, 5) is 23.3. The van der Waals surface area contributed by atoms with Crippen LogP contribution < -0.4 is 21.4 Å². The zero-order chi connectivity index (χ0) is 23.0. The van der Waals surface area contributed by atoms with Crippen LogP contribution in [0.3, 0.4) is 0 Å². The Morgan fingerprint density at radius 1 is 1.09 bits per heavy atom. The number of amides is 2. The van der Waals surface area contributed by atoms with Crippen molar-refractivity contribution in [2.75, 3.05) is 29.0 Å². The molecule has 170 valence electrons. The van der Waals surface area contributed by atoms with Crippen LogP contribution in [0, 0.1) is 0 Å². The van der Waals surface area contributed by atoms with Gasteiger partial charge in [-0.15, -0.1) is 0 Å². The molecule has 1 saturated heterocycles. The van der Waals surface area contributed by atoms with Gasteiger partial charge in [0.1, 0.15) is 13.7 Å². The van der Waals surface area contributed by atoms with E-state index < -0.39 is 0 Å². The minimum Gasteiger partial charge on any atom is -0.368 e. The summed E-state index contributed by atoms with van der Waals surface area (Å²) >= 11 is 0. The van der Waals surface area contributed by atoms with Crippen LogP contribution in [-0.4, -0.2) is 47.9 Å². The van der Waals surface area contributed by atoms with E-state index in [2.05, 4.69) is 57.1 Å². The van der Waals surface area contributed by atoms with Crippen LogP contribution in [0.25, 0.3) is 0 Å². The number of anilines is 4. The number of hydrogen-bond donors (Lipinski definition) is 3. The SMILES string of the molecule is Bc1cnc(Nc2cccc(NC(=O)N3CCCC3)c2)nc1NC(C)CCc1ccccc1. The van der Waals surface area contributed by atoms with Crippen LogP contribution in [0.15, 0.2) is 60.8 Å². The minimum atomic E-state index is -0.0489. The van der Waals surface area contributed by atoms with Crippen LogP contribution >= 0.6 is 0 Å². The highest BCUT2D eigenvalue weighted by Crippen LogP contribution is 2.20. The van der Waals surface area contributed by atoms with Gasteiger partial charge in [0.15, 0.2) is 0 Å². The first-order chi connectivity index (χ1) is 16.1. The summed E-state index contributed by atoms with van der Waals surface area (Å²) in [6, 6.07) is 18.4. The second kappa shape index (κ2) is 10.9. The highest BCUT2D eigenvalue weighted by molar-refractivity contribution is 6.35. The molecule has 0 bridgehead atoms. The average Bonchev–Trinajstić information content (AvgIpc) is 3.36. The zero-order valence-corrected chi connectivity index (χ0v) is 19.3. The number of likely N-dealkylation sites (tertiary alicyclic amines) is 1. The molecule has 0 aliphatic carbocycles. The number of aromatic nitrogens is 2. The van der Waals surface area contributed by atoms with E-state index in [4.69, 9.17) is 0 Å². The van der Waals surface area contributed by atoms with Crippen LogP contribution in [0.5, 0.6) is 0 Å². The maximum atomic E-state index is 12.4. The molecule has 0 saturated carbocycles. The number of carbonyl (C=O) groups excluding carboxylic acids is 1. The number of hydrogen-bond acceptors (Lipinski definition) is 5. The Hall–Kier alpha value is -3.55. The van der Waals surface area contributed by atoms with Gasteiger partial charge in [0.2, 0.25) is 5.95 Å². The van der Waals surface area contributed by atoms with E-state index in [0.717, 1.165) is 61.4 Å². The van der Waals surface area contributed by atoms with Gasteiger partial charge in [-0.05, 0) is 61.8 Å². The summed E-state index contributed by atoms with van der Waals surface area (Å²) in [5.41, 5.74) is 3.90. The molecule has 7 nitrogen and oxygen atoms in total. The average molecular weight is 442 g/mol. The number of benzene rings is 2. The number of nitrogens with zero attached hydrogens (tertiary/aromatic N) is 3. The molecule has 3 aromatic rings. The number of rotatable bonds is 8. The third-order valence-electron chi connectivity index (χ3n) is 5.83. The Balaban J connectivity index is 1.36. The fourth-order valence-corrected chi connectivity index (χ4v) is 3.91. The van der Waals surface area contributed by atoms with Crippen molar-refractivity contribution in [3.63, 3.8) is 0 Å². The lowest BCUT2D eigenvalue weighted by Crippen LogP contribution is -2.32. The smallest absolute Gasteiger partial charge is 0.321 e. The van der Waals surface area contributed by atoms with E-state index in [0.29, 0.717) is 5.95 Å². The van der Waals surface area contributed by atoms with Gasteiger partial charge in [-0.3, -0.25) is 0 Å². The summed E-state index contributed by atoms with van der Waals surface area (Å²) in [6.45, 7) is 3.81. The lowest BCUT2D eigenvalue weighted by molar-refractivity contribution is 0.222. The van der Waals surface area contributed by atoms with Gasteiger partial charge in [-0.1, -0.05) is 36.4 Å². The maximum absolute atomic E-state index is 12.4. The van der Waals surface area contributed by atoms with Crippen molar-refractivity contribution in [2.24, 2.45) is 0 Å². The van der Waals surface area contributed by atoms with Gasteiger partial charge in [0.25, 0.3) is 0 Å². The van der Waals surface area contributed by atoms with Crippen LogP contribution in [0.2, 0.25) is 0 Å². The molecule has 2 heterocycles. The summed E-state index contributed by atoms with van der Waals surface area (Å²) in [7, 11) is 2.00. The Morgan fingerprint density at radius 3 is 2.64 bits per heavy atom. The summed E-state index contributed by atoms with van der Waals surface area (Å²) in [5, 5.41) is 9.76. The summed E-state index contributed by atoms with van der Waals surface area (Å²) in [5.74, 6) is 1.34. The molecule has 4 rings (SSSR count). The highest BCUT2D eigenvalue weighted by Gasteiger charge is 2.17. The lowest BCUT2D eigenvalue weighted by Gasteiger charge is -2.18. The molecule has 1 aliphatic heterocycles. The first-order valence-electron chi connectivity index (χ1n) is 11.6. The molecule has 3 N–H and O–H groups in total. The van der Waals surface area contributed by atoms with E-state index in [1.807, 2.05) is 49.3 Å². The fraction of sp³-hybridized carbons (Fsp3) is 0.320. The van der Waals surface area contributed by atoms with Crippen LogP contribution in [-0.2, 0) is 6.42 Å². The van der Waals surface area contributed by atoms with Gasteiger partial charge in [0.05, 0.1) is 0 Å². The number of carbonyl (C=O) groups is 1. The quantitative estimate of drug-likeness (QED) is 0.465. The summed E-state index contributed by atoms with van der Waals surface area (Å²) in [6.07, 6.45) is 5.98. The van der Waals surface area contributed by atoms with Gasteiger partial charge in [-0.25, -0.2) is 9.78 Å². The largest absolute Gasteiger partial charge is 0.368 e. The van der Waals surface area contributed by atoms with Gasteiger partial charge >= 0.3 is 6.03 Å². The molecule has 0 radical (unpaired) electrons. The molecule has 0 spiro atoms. The van der Waals surface area contributed by atoms with Crippen molar-refractivity contribution >= 4 is 42.5 Å². The Kier molecular flexibility index (Phi) is 7.45. The van der Waals surface area contributed by atoms with E-state index in [9.17, 15) is 4.79 Å². The third-order valence-corrected chi connectivity index (χ3v) is 5.83.